The molecule has 2 aromatic carbocycles. The Bertz CT molecular complexity index is 1150. The first-order valence-electron chi connectivity index (χ1n) is 11.4. The third-order valence-electron chi connectivity index (χ3n) is 6.06. The number of benzene rings is 2. The molecule has 1 aliphatic rings. The van der Waals surface area contributed by atoms with E-state index in [4.69, 9.17) is 4.74 Å². The van der Waals surface area contributed by atoms with E-state index in [-0.39, 0.29) is 11.9 Å². The first-order valence-corrected chi connectivity index (χ1v) is 13.8. The zero-order valence-corrected chi connectivity index (χ0v) is 21.9. The van der Waals surface area contributed by atoms with Crippen molar-refractivity contribution >= 4 is 33.4 Å². The highest BCUT2D eigenvalue weighted by molar-refractivity contribution is 7.99. The maximum Gasteiger partial charge on any atom is 0.265 e. The summed E-state index contributed by atoms with van der Waals surface area (Å²) in [4.78, 5) is 14.5. The monoisotopic (exact) mass is 545 g/mol. The lowest BCUT2D eigenvalue weighted by molar-refractivity contribution is -0.152. The number of nitrogens with zero attached hydrogens (tertiary/aromatic N) is 1. The summed E-state index contributed by atoms with van der Waals surface area (Å²) >= 11 is 1.40. The molecule has 0 aliphatic heterocycles. The number of hydrogen-bond donors (Lipinski definition) is 2. The number of amides is 1. The Balaban J connectivity index is 1.76. The van der Waals surface area contributed by atoms with Crippen molar-refractivity contribution in [2.75, 3.05) is 38.8 Å². The van der Waals surface area contributed by atoms with Crippen molar-refractivity contribution in [3.8, 4) is 0 Å². The molecule has 1 aliphatic carbocycles. The van der Waals surface area contributed by atoms with E-state index in [1.807, 2.05) is 23.7 Å². The normalized spacial score (nSPS) is 15.9. The predicted octanol–water partition coefficient (Wildman–Crippen LogP) is 4.00. The molecule has 198 valence electrons. The van der Waals surface area contributed by atoms with E-state index < -0.39 is 43.7 Å². The predicted molar refractivity (Wildman–Crippen MR) is 133 cm³/mol. The van der Waals surface area contributed by atoms with Crippen LogP contribution in [-0.4, -0.2) is 64.4 Å². The lowest BCUT2D eigenvalue weighted by Crippen LogP contribution is -2.54. The van der Waals surface area contributed by atoms with Crippen LogP contribution in [0.5, 0.6) is 0 Å². The van der Waals surface area contributed by atoms with Crippen LogP contribution in [-0.2, 0) is 19.6 Å². The lowest BCUT2D eigenvalue weighted by Gasteiger charge is -2.38. The molecule has 7 nitrogen and oxygen atoms in total. The highest BCUT2D eigenvalue weighted by Crippen LogP contribution is 2.35. The number of thioether (sulfide) groups is 1. The van der Waals surface area contributed by atoms with Crippen molar-refractivity contribution in [2.45, 2.75) is 47.1 Å². The van der Waals surface area contributed by atoms with Gasteiger partial charge in [0.15, 0.2) is 11.6 Å². The van der Waals surface area contributed by atoms with Crippen molar-refractivity contribution in [1.29, 1.82) is 0 Å². The van der Waals surface area contributed by atoms with Crippen molar-refractivity contribution in [3.63, 3.8) is 0 Å². The van der Waals surface area contributed by atoms with E-state index in [9.17, 15) is 26.4 Å². The summed E-state index contributed by atoms with van der Waals surface area (Å²) in [6, 6.07) is 6.89. The number of sulfonamides is 1. The van der Waals surface area contributed by atoms with Gasteiger partial charge in [-0.25, -0.2) is 26.3 Å². The molecule has 1 saturated carbocycles. The Labute approximate surface area is 213 Å². The van der Waals surface area contributed by atoms with Crippen LogP contribution in [0.2, 0.25) is 0 Å². The molecule has 1 fully saturated rings. The van der Waals surface area contributed by atoms with Gasteiger partial charge in [0.1, 0.15) is 17.1 Å². The van der Waals surface area contributed by atoms with Crippen molar-refractivity contribution in [1.82, 2.24) is 9.62 Å². The SMILES string of the molecule is COC1(C(=O)NS(=O)(=O)c2cc(F)c(N[C@H](CCN(C)C)CSc3ccc(F)cc3)c(F)c2)CCC1. The molecular weight excluding hydrogens is 515 g/mol. The minimum absolute atomic E-state index is 0.359. The maximum atomic E-state index is 15.0. The van der Waals surface area contributed by atoms with Gasteiger partial charge in [0.25, 0.3) is 15.9 Å². The number of carbonyl (C=O) groups excluding carboxylic acids is 1. The summed E-state index contributed by atoms with van der Waals surface area (Å²) in [5, 5.41) is 2.85. The van der Waals surface area contributed by atoms with Crippen LogP contribution in [0.3, 0.4) is 0 Å². The molecule has 2 N–H and O–H groups in total. The number of nitrogens with one attached hydrogen (secondary N) is 2. The number of carbonyl (C=O) groups is 1. The fraction of sp³-hybridized carbons (Fsp3) is 0.458. The number of hydrogen-bond acceptors (Lipinski definition) is 7. The number of ether oxygens (including phenoxy) is 1. The van der Waals surface area contributed by atoms with Crippen LogP contribution in [0.1, 0.15) is 25.7 Å². The second kappa shape index (κ2) is 11.8. The highest BCUT2D eigenvalue weighted by atomic mass is 32.2. The van der Waals surface area contributed by atoms with Gasteiger partial charge in [-0.3, -0.25) is 4.79 Å². The third kappa shape index (κ3) is 6.93. The molecule has 36 heavy (non-hydrogen) atoms. The van der Waals surface area contributed by atoms with Crippen LogP contribution in [0.15, 0.2) is 46.2 Å². The average Bonchev–Trinajstić information content (AvgIpc) is 2.77. The van der Waals surface area contributed by atoms with Crippen LogP contribution >= 0.6 is 11.8 Å². The van der Waals surface area contributed by atoms with Gasteiger partial charge in [-0.2, -0.15) is 0 Å². The minimum Gasteiger partial charge on any atom is -0.377 e. The van der Waals surface area contributed by atoms with Crippen molar-refractivity contribution < 1.29 is 31.1 Å². The van der Waals surface area contributed by atoms with E-state index in [0.29, 0.717) is 50.1 Å². The second-order valence-electron chi connectivity index (χ2n) is 8.95. The number of rotatable bonds is 12. The summed E-state index contributed by atoms with van der Waals surface area (Å²) in [7, 11) is 0.536. The van der Waals surface area contributed by atoms with Gasteiger partial charge in [0, 0.05) is 23.8 Å². The minimum atomic E-state index is -4.52. The Morgan fingerprint density at radius 2 is 1.75 bits per heavy atom. The summed E-state index contributed by atoms with van der Waals surface area (Å²) in [5.41, 5.74) is -1.70. The fourth-order valence-corrected chi connectivity index (χ4v) is 5.72. The summed E-state index contributed by atoms with van der Waals surface area (Å²) in [6.45, 7) is 0.630. The highest BCUT2D eigenvalue weighted by Gasteiger charge is 2.46. The molecule has 3 rings (SSSR count). The fourth-order valence-electron chi connectivity index (χ4n) is 3.68. The van der Waals surface area contributed by atoms with Crippen molar-refractivity contribution in [3.05, 3.63) is 53.8 Å². The molecule has 1 atom stereocenters. The van der Waals surface area contributed by atoms with Gasteiger partial charge in [0.2, 0.25) is 0 Å². The van der Waals surface area contributed by atoms with Gasteiger partial charge in [-0.15, -0.1) is 11.8 Å². The van der Waals surface area contributed by atoms with E-state index in [0.717, 1.165) is 4.90 Å². The topological polar surface area (TPSA) is 87.7 Å². The van der Waals surface area contributed by atoms with Crippen LogP contribution in [0, 0.1) is 17.5 Å². The number of halogens is 3. The molecule has 2 aromatic rings. The summed E-state index contributed by atoms with van der Waals surface area (Å²) in [6.07, 6.45) is 1.97. The van der Waals surface area contributed by atoms with Crippen molar-refractivity contribution in [2.24, 2.45) is 0 Å². The van der Waals surface area contributed by atoms with Gasteiger partial charge in [0.05, 0.1) is 4.90 Å². The Kier molecular flexibility index (Phi) is 9.31. The maximum absolute atomic E-state index is 15.0. The Hall–Kier alpha value is -2.28. The zero-order chi connectivity index (χ0) is 26.5. The van der Waals surface area contributed by atoms with Gasteiger partial charge in [-0.05, 0) is 82.7 Å². The Morgan fingerprint density at radius 3 is 2.25 bits per heavy atom. The van der Waals surface area contributed by atoms with Crippen LogP contribution < -0.4 is 10.0 Å². The van der Waals surface area contributed by atoms with E-state index in [1.165, 1.54) is 31.0 Å². The van der Waals surface area contributed by atoms with Gasteiger partial charge < -0.3 is 15.0 Å². The number of methoxy groups -OCH3 is 1. The van der Waals surface area contributed by atoms with Crippen LogP contribution in [0.25, 0.3) is 0 Å². The van der Waals surface area contributed by atoms with E-state index >= 15 is 0 Å². The average molecular weight is 546 g/mol. The standard InChI is InChI=1S/C24H30F3N3O4S2/c1-30(2)12-9-17(15-35-18-7-5-16(25)6-8-18)28-22-20(26)13-19(14-21(22)27)36(32,33)29-23(31)24(34-3)10-4-11-24/h5-8,13-14,17,28H,4,9-12,15H2,1-3H3,(H,29,31)/t17-/m1/s1. The molecular formula is C24H30F3N3O4S2. The first kappa shape index (κ1) is 28.3. The third-order valence-corrected chi connectivity index (χ3v) is 8.54. The molecule has 0 heterocycles. The van der Waals surface area contributed by atoms with Gasteiger partial charge >= 0.3 is 0 Å². The Morgan fingerprint density at radius 1 is 1.14 bits per heavy atom. The quantitative estimate of drug-likeness (QED) is 0.390. The molecule has 0 aromatic heterocycles. The molecule has 0 saturated heterocycles. The van der Waals surface area contributed by atoms with Crippen LogP contribution in [0.4, 0.5) is 18.9 Å². The van der Waals surface area contributed by atoms with Gasteiger partial charge in [-0.1, -0.05) is 0 Å². The second-order valence-corrected chi connectivity index (χ2v) is 11.7. The molecule has 0 unspecified atom stereocenters. The lowest BCUT2D eigenvalue weighted by atomic mass is 9.79. The molecule has 12 heteroatoms. The van der Waals surface area contributed by atoms with E-state index in [1.54, 1.807) is 12.1 Å². The molecule has 1 amide bonds. The summed E-state index contributed by atoms with van der Waals surface area (Å²) < 4.78 is 75.5. The zero-order valence-electron chi connectivity index (χ0n) is 20.3. The van der Waals surface area contributed by atoms with E-state index in [2.05, 4.69) is 5.32 Å². The summed E-state index contributed by atoms with van der Waals surface area (Å²) in [5.74, 6) is -3.00. The smallest absolute Gasteiger partial charge is 0.265 e. The number of anilines is 1. The molecule has 0 spiro atoms. The largest absolute Gasteiger partial charge is 0.377 e. The molecule has 0 radical (unpaired) electrons. The first-order chi connectivity index (χ1) is 17.0. The molecule has 0 bridgehead atoms.